The van der Waals surface area contributed by atoms with Gasteiger partial charge in [0.15, 0.2) is 0 Å². The SMILES string of the molecule is CC(C)c1ccc(N2C[C@@H](C(=O)NCc3ncc4c(n3)CCC4)CC2=O)cc1. The lowest BCUT2D eigenvalue weighted by molar-refractivity contribution is -0.126. The number of rotatable bonds is 5. The van der Waals surface area contributed by atoms with Gasteiger partial charge in [-0.05, 0) is 48.4 Å². The normalized spacial score (nSPS) is 18.6. The molecule has 1 saturated heterocycles. The monoisotopic (exact) mass is 378 g/mol. The van der Waals surface area contributed by atoms with Gasteiger partial charge in [0, 0.05) is 30.5 Å². The average Bonchev–Trinajstić information content (AvgIpc) is 3.32. The first-order chi connectivity index (χ1) is 13.5. The van der Waals surface area contributed by atoms with Gasteiger partial charge >= 0.3 is 0 Å². The largest absolute Gasteiger partial charge is 0.348 e. The Balaban J connectivity index is 1.36. The van der Waals surface area contributed by atoms with E-state index >= 15 is 0 Å². The minimum absolute atomic E-state index is 0.00812. The zero-order valence-electron chi connectivity index (χ0n) is 16.4. The molecule has 2 aromatic rings. The number of anilines is 1. The first kappa shape index (κ1) is 18.6. The van der Waals surface area contributed by atoms with Crippen LogP contribution < -0.4 is 10.2 Å². The van der Waals surface area contributed by atoms with Crippen LogP contribution in [0, 0.1) is 5.92 Å². The summed E-state index contributed by atoms with van der Waals surface area (Å²) < 4.78 is 0. The molecule has 0 spiro atoms. The highest BCUT2D eigenvalue weighted by molar-refractivity contribution is 6.00. The highest BCUT2D eigenvalue weighted by Gasteiger charge is 2.35. The van der Waals surface area contributed by atoms with Gasteiger partial charge < -0.3 is 10.2 Å². The molecule has 2 amide bonds. The van der Waals surface area contributed by atoms with E-state index in [4.69, 9.17) is 0 Å². The summed E-state index contributed by atoms with van der Waals surface area (Å²) >= 11 is 0. The number of nitrogens with one attached hydrogen (secondary N) is 1. The van der Waals surface area contributed by atoms with Gasteiger partial charge in [-0.15, -0.1) is 0 Å². The second kappa shape index (κ2) is 7.70. The molecule has 1 aromatic heterocycles. The molecule has 1 aliphatic heterocycles. The van der Waals surface area contributed by atoms with Crippen molar-refractivity contribution in [3.8, 4) is 0 Å². The number of hydrogen-bond acceptors (Lipinski definition) is 4. The van der Waals surface area contributed by atoms with E-state index in [2.05, 4.69) is 29.1 Å². The van der Waals surface area contributed by atoms with E-state index in [1.165, 1.54) is 11.1 Å². The molecular weight excluding hydrogens is 352 g/mol. The van der Waals surface area contributed by atoms with Crippen molar-refractivity contribution < 1.29 is 9.59 Å². The number of nitrogens with zero attached hydrogens (tertiary/aromatic N) is 3. The molecule has 28 heavy (non-hydrogen) atoms. The Labute approximate surface area is 165 Å². The number of aromatic nitrogens is 2. The van der Waals surface area contributed by atoms with Crippen molar-refractivity contribution >= 4 is 17.5 Å². The standard InChI is InChI=1S/C22H26N4O2/c1-14(2)15-6-8-18(9-7-15)26-13-17(10-21(26)27)22(28)24-12-20-23-11-16-4-3-5-19(16)25-20/h6-9,11,14,17H,3-5,10,12-13H2,1-2H3,(H,24,28)/t17-/m0/s1. The Morgan fingerprint density at radius 1 is 1.25 bits per heavy atom. The van der Waals surface area contributed by atoms with Crippen molar-refractivity contribution in [1.82, 2.24) is 15.3 Å². The zero-order valence-corrected chi connectivity index (χ0v) is 16.4. The van der Waals surface area contributed by atoms with Crippen molar-refractivity contribution in [1.29, 1.82) is 0 Å². The number of aryl methyl sites for hydroxylation is 2. The number of carbonyl (C=O) groups is 2. The second-order valence-electron chi connectivity index (χ2n) is 7.98. The molecule has 4 rings (SSSR count). The number of fused-ring (bicyclic) bond motifs is 1. The van der Waals surface area contributed by atoms with E-state index in [1.54, 1.807) is 4.90 Å². The maximum atomic E-state index is 12.6. The lowest BCUT2D eigenvalue weighted by atomic mass is 10.0. The first-order valence-electron chi connectivity index (χ1n) is 10.0. The molecule has 1 fully saturated rings. The lowest BCUT2D eigenvalue weighted by Gasteiger charge is -2.17. The van der Waals surface area contributed by atoms with Gasteiger partial charge in [-0.2, -0.15) is 0 Å². The van der Waals surface area contributed by atoms with Crippen molar-refractivity contribution in [3.05, 3.63) is 53.1 Å². The molecule has 6 heteroatoms. The molecule has 2 heterocycles. The molecule has 0 unspecified atom stereocenters. The molecule has 1 aliphatic carbocycles. The molecule has 0 saturated carbocycles. The number of amides is 2. The predicted molar refractivity (Wildman–Crippen MR) is 107 cm³/mol. The Morgan fingerprint density at radius 2 is 2.04 bits per heavy atom. The van der Waals surface area contributed by atoms with E-state index in [0.717, 1.165) is 30.6 Å². The van der Waals surface area contributed by atoms with Gasteiger partial charge in [0.2, 0.25) is 11.8 Å². The molecular formula is C22H26N4O2. The molecule has 0 bridgehead atoms. The van der Waals surface area contributed by atoms with Crippen LogP contribution in [0.2, 0.25) is 0 Å². The van der Waals surface area contributed by atoms with Crippen LogP contribution in [-0.4, -0.2) is 28.3 Å². The fourth-order valence-electron chi connectivity index (χ4n) is 3.92. The summed E-state index contributed by atoms with van der Waals surface area (Å²) in [5.41, 5.74) is 4.41. The van der Waals surface area contributed by atoms with Crippen LogP contribution in [-0.2, 0) is 29.0 Å². The highest BCUT2D eigenvalue weighted by Crippen LogP contribution is 2.27. The van der Waals surface area contributed by atoms with Crippen LogP contribution in [0.5, 0.6) is 0 Å². The maximum Gasteiger partial charge on any atom is 0.227 e. The number of benzene rings is 1. The summed E-state index contributed by atoms with van der Waals surface area (Å²) in [6.07, 6.45) is 5.26. The number of carbonyl (C=O) groups excluding carboxylic acids is 2. The van der Waals surface area contributed by atoms with Gasteiger partial charge in [-0.3, -0.25) is 9.59 Å². The number of hydrogen-bond donors (Lipinski definition) is 1. The molecule has 1 N–H and O–H groups in total. The van der Waals surface area contributed by atoms with Crippen LogP contribution in [0.3, 0.4) is 0 Å². The topological polar surface area (TPSA) is 75.2 Å². The molecule has 146 valence electrons. The van der Waals surface area contributed by atoms with Crippen molar-refractivity contribution in [3.63, 3.8) is 0 Å². The van der Waals surface area contributed by atoms with Gasteiger partial charge in [-0.25, -0.2) is 9.97 Å². The summed E-state index contributed by atoms with van der Waals surface area (Å²) in [6.45, 7) is 5.00. The molecule has 1 atom stereocenters. The van der Waals surface area contributed by atoms with Gasteiger partial charge in [0.05, 0.1) is 12.5 Å². The molecule has 0 radical (unpaired) electrons. The Kier molecular flexibility index (Phi) is 5.11. The van der Waals surface area contributed by atoms with E-state index in [-0.39, 0.29) is 24.2 Å². The summed E-state index contributed by atoms with van der Waals surface area (Å²) in [7, 11) is 0. The van der Waals surface area contributed by atoms with Gasteiger partial charge in [0.25, 0.3) is 0 Å². The fraction of sp³-hybridized carbons (Fsp3) is 0.455. The van der Waals surface area contributed by atoms with Crippen LogP contribution >= 0.6 is 0 Å². The molecule has 2 aliphatic rings. The minimum Gasteiger partial charge on any atom is -0.348 e. The summed E-state index contributed by atoms with van der Waals surface area (Å²) in [5.74, 6) is 0.624. The Bertz CT molecular complexity index is 892. The third kappa shape index (κ3) is 3.77. The fourth-order valence-corrected chi connectivity index (χ4v) is 3.92. The second-order valence-corrected chi connectivity index (χ2v) is 7.98. The van der Waals surface area contributed by atoms with Crippen molar-refractivity contribution in [2.24, 2.45) is 5.92 Å². The van der Waals surface area contributed by atoms with Gasteiger partial charge in [0.1, 0.15) is 5.82 Å². The van der Waals surface area contributed by atoms with E-state index in [1.807, 2.05) is 30.5 Å². The summed E-state index contributed by atoms with van der Waals surface area (Å²) in [6, 6.07) is 8.02. The summed E-state index contributed by atoms with van der Waals surface area (Å²) in [5, 5.41) is 2.91. The highest BCUT2D eigenvalue weighted by atomic mass is 16.2. The van der Waals surface area contributed by atoms with Crippen LogP contribution in [0.25, 0.3) is 0 Å². The molecule has 6 nitrogen and oxygen atoms in total. The van der Waals surface area contributed by atoms with E-state index in [0.29, 0.717) is 24.8 Å². The predicted octanol–water partition coefficient (Wildman–Crippen LogP) is 2.76. The zero-order chi connectivity index (χ0) is 19.7. The summed E-state index contributed by atoms with van der Waals surface area (Å²) in [4.78, 5) is 35.6. The smallest absolute Gasteiger partial charge is 0.227 e. The average molecular weight is 378 g/mol. The minimum atomic E-state index is -0.341. The Hall–Kier alpha value is -2.76. The van der Waals surface area contributed by atoms with Gasteiger partial charge in [-0.1, -0.05) is 26.0 Å². The van der Waals surface area contributed by atoms with E-state index < -0.39 is 0 Å². The Morgan fingerprint density at radius 3 is 2.79 bits per heavy atom. The first-order valence-corrected chi connectivity index (χ1v) is 10.0. The maximum absolute atomic E-state index is 12.6. The lowest BCUT2D eigenvalue weighted by Crippen LogP contribution is -2.33. The quantitative estimate of drug-likeness (QED) is 0.868. The van der Waals surface area contributed by atoms with Crippen molar-refractivity contribution in [2.45, 2.75) is 52.0 Å². The van der Waals surface area contributed by atoms with Crippen LogP contribution in [0.4, 0.5) is 5.69 Å². The third-order valence-electron chi connectivity index (χ3n) is 5.65. The van der Waals surface area contributed by atoms with Crippen LogP contribution in [0.1, 0.15) is 55.3 Å². The van der Waals surface area contributed by atoms with E-state index in [9.17, 15) is 9.59 Å². The molecule has 1 aromatic carbocycles. The van der Waals surface area contributed by atoms with Crippen molar-refractivity contribution in [2.75, 3.05) is 11.4 Å². The third-order valence-corrected chi connectivity index (χ3v) is 5.65. The van der Waals surface area contributed by atoms with Crippen LogP contribution in [0.15, 0.2) is 30.5 Å².